The minimum atomic E-state index is 0.488. The van der Waals surface area contributed by atoms with Crippen molar-refractivity contribution in [3.63, 3.8) is 0 Å². The van der Waals surface area contributed by atoms with Crippen molar-refractivity contribution >= 4 is 0 Å². The molecule has 1 fully saturated rings. The molecular weight excluding hydrogens is 248 g/mol. The van der Waals surface area contributed by atoms with Gasteiger partial charge in [0.1, 0.15) is 0 Å². The van der Waals surface area contributed by atoms with E-state index in [-0.39, 0.29) is 0 Å². The van der Waals surface area contributed by atoms with E-state index in [1.165, 1.54) is 11.1 Å². The van der Waals surface area contributed by atoms with Crippen molar-refractivity contribution in [2.24, 2.45) is 7.05 Å². The van der Waals surface area contributed by atoms with E-state index in [1.807, 2.05) is 17.9 Å². The molecule has 2 aromatic rings. The van der Waals surface area contributed by atoms with E-state index in [0.717, 1.165) is 26.2 Å². The molecule has 106 valence electrons. The summed E-state index contributed by atoms with van der Waals surface area (Å²) >= 11 is 0. The van der Waals surface area contributed by atoms with E-state index in [0.29, 0.717) is 6.04 Å². The third-order valence-electron chi connectivity index (χ3n) is 4.08. The fraction of sp³-hybridized carbons (Fsp3) is 0.438. The lowest BCUT2D eigenvalue weighted by Crippen LogP contribution is -2.46. The van der Waals surface area contributed by atoms with Crippen LogP contribution in [0.3, 0.4) is 0 Å². The molecule has 0 radical (unpaired) electrons. The van der Waals surface area contributed by atoms with Crippen LogP contribution in [0.15, 0.2) is 42.7 Å². The highest BCUT2D eigenvalue weighted by atomic mass is 15.3. The molecule has 1 aromatic carbocycles. The number of rotatable bonds is 3. The first-order chi connectivity index (χ1) is 9.72. The highest BCUT2D eigenvalue weighted by molar-refractivity contribution is 5.20. The van der Waals surface area contributed by atoms with Crippen molar-refractivity contribution in [1.29, 1.82) is 0 Å². The number of aromatic nitrogens is 2. The second-order valence-electron chi connectivity index (χ2n) is 5.66. The van der Waals surface area contributed by atoms with Crippen LogP contribution >= 0.6 is 0 Å². The van der Waals surface area contributed by atoms with Gasteiger partial charge in [-0.2, -0.15) is 5.10 Å². The number of aryl methyl sites for hydroxylation is 1. The van der Waals surface area contributed by atoms with Crippen LogP contribution in [0.2, 0.25) is 0 Å². The number of piperazine rings is 1. The maximum atomic E-state index is 4.25. The summed E-state index contributed by atoms with van der Waals surface area (Å²) in [5, 5.41) is 4.25. The Kier molecular flexibility index (Phi) is 3.85. The quantitative estimate of drug-likeness (QED) is 0.851. The molecule has 0 spiro atoms. The smallest absolute Gasteiger partial charge is 0.0534 e. The van der Waals surface area contributed by atoms with E-state index in [2.05, 4.69) is 58.5 Å². The molecule has 1 atom stereocenters. The van der Waals surface area contributed by atoms with Crippen LogP contribution < -0.4 is 0 Å². The number of likely N-dealkylation sites (N-methyl/N-ethyl adjacent to an activating group) is 1. The highest BCUT2D eigenvalue weighted by Crippen LogP contribution is 2.24. The number of hydrogen-bond acceptors (Lipinski definition) is 3. The molecule has 0 bridgehead atoms. The van der Waals surface area contributed by atoms with Gasteiger partial charge < -0.3 is 0 Å². The Bertz CT molecular complexity index is 549. The van der Waals surface area contributed by atoms with Crippen molar-refractivity contribution in [2.75, 3.05) is 26.7 Å². The zero-order chi connectivity index (χ0) is 13.9. The second-order valence-corrected chi connectivity index (χ2v) is 5.66. The molecule has 20 heavy (non-hydrogen) atoms. The van der Waals surface area contributed by atoms with Gasteiger partial charge in [-0.15, -0.1) is 0 Å². The summed E-state index contributed by atoms with van der Waals surface area (Å²) in [4.78, 5) is 4.98. The summed E-state index contributed by atoms with van der Waals surface area (Å²) in [7, 11) is 4.19. The molecule has 0 saturated carbocycles. The van der Waals surface area contributed by atoms with Crippen LogP contribution in [0, 0.1) is 0 Å². The van der Waals surface area contributed by atoms with Crippen molar-refractivity contribution in [2.45, 2.75) is 12.6 Å². The fourth-order valence-electron chi connectivity index (χ4n) is 2.92. The summed E-state index contributed by atoms with van der Waals surface area (Å²) in [6.07, 6.45) is 4.08. The summed E-state index contributed by atoms with van der Waals surface area (Å²) < 4.78 is 1.88. The molecule has 0 aliphatic carbocycles. The molecule has 0 N–H and O–H groups in total. The summed E-state index contributed by atoms with van der Waals surface area (Å²) in [6.45, 7) is 4.30. The highest BCUT2D eigenvalue weighted by Gasteiger charge is 2.25. The van der Waals surface area contributed by atoms with Crippen LogP contribution in [0.5, 0.6) is 0 Å². The third-order valence-corrected chi connectivity index (χ3v) is 4.08. The Morgan fingerprint density at radius 1 is 1.15 bits per heavy atom. The van der Waals surface area contributed by atoms with E-state index >= 15 is 0 Å². The van der Waals surface area contributed by atoms with Gasteiger partial charge in [-0.1, -0.05) is 30.3 Å². The van der Waals surface area contributed by atoms with Gasteiger partial charge in [0.15, 0.2) is 0 Å². The lowest BCUT2D eigenvalue weighted by atomic mass is 10.0. The van der Waals surface area contributed by atoms with Crippen molar-refractivity contribution in [3.05, 3.63) is 53.9 Å². The molecule has 1 aliphatic rings. The molecule has 4 heteroatoms. The first-order valence-corrected chi connectivity index (χ1v) is 7.17. The zero-order valence-corrected chi connectivity index (χ0v) is 12.2. The van der Waals surface area contributed by atoms with Gasteiger partial charge in [0.25, 0.3) is 0 Å². The maximum absolute atomic E-state index is 4.25. The van der Waals surface area contributed by atoms with Gasteiger partial charge in [-0.3, -0.25) is 14.5 Å². The van der Waals surface area contributed by atoms with E-state index in [1.54, 1.807) is 0 Å². The first kappa shape index (κ1) is 13.3. The minimum Gasteiger partial charge on any atom is -0.297 e. The molecule has 4 nitrogen and oxygen atoms in total. The van der Waals surface area contributed by atoms with Gasteiger partial charge in [0, 0.05) is 51.0 Å². The normalized spacial score (nSPS) is 21.2. The van der Waals surface area contributed by atoms with Crippen LogP contribution in [-0.2, 0) is 13.6 Å². The van der Waals surface area contributed by atoms with Gasteiger partial charge in [0.05, 0.1) is 6.20 Å². The van der Waals surface area contributed by atoms with Crippen molar-refractivity contribution in [3.8, 4) is 0 Å². The molecule has 1 aromatic heterocycles. The van der Waals surface area contributed by atoms with Crippen LogP contribution in [0.1, 0.15) is 17.2 Å². The first-order valence-electron chi connectivity index (χ1n) is 7.17. The Morgan fingerprint density at radius 3 is 2.65 bits per heavy atom. The summed E-state index contributed by atoms with van der Waals surface area (Å²) in [6, 6.07) is 11.3. The van der Waals surface area contributed by atoms with Crippen LogP contribution in [-0.4, -0.2) is 46.3 Å². The Hall–Kier alpha value is -1.65. The van der Waals surface area contributed by atoms with E-state index < -0.39 is 0 Å². The van der Waals surface area contributed by atoms with Gasteiger partial charge in [0.2, 0.25) is 0 Å². The van der Waals surface area contributed by atoms with E-state index in [9.17, 15) is 0 Å². The van der Waals surface area contributed by atoms with Gasteiger partial charge in [-0.05, 0) is 12.6 Å². The average molecular weight is 270 g/mol. The largest absolute Gasteiger partial charge is 0.297 e. The average Bonchev–Trinajstić information content (AvgIpc) is 2.87. The Labute approximate surface area is 120 Å². The Balaban J connectivity index is 1.70. The standard InChI is InChI=1S/C16H22N4/c1-18-8-9-20(12-14-10-17-19(2)11-14)13-16(18)15-6-4-3-5-7-15/h3-7,10-11,16H,8-9,12-13H2,1-2H3/t16-/m0/s1. The topological polar surface area (TPSA) is 24.3 Å². The molecule has 1 saturated heterocycles. The maximum Gasteiger partial charge on any atom is 0.0534 e. The lowest BCUT2D eigenvalue weighted by molar-refractivity contribution is 0.0905. The van der Waals surface area contributed by atoms with Crippen molar-refractivity contribution in [1.82, 2.24) is 19.6 Å². The van der Waals surface area contributed by atoms with Crippen LogP contribution in [0.25, 0.3) is 0 Å². The number of hydrogen-bond donors (Lipinski definition) is 0. The van der Waals surface area contributed by atoms with E-state index in [4.69, 9.17) is 0 Å². The molecule has 0 unspecified atom stereocenters. The Morgan fingerprint density at radius 2 is 1.95 bits per heavy atom. The third kappa shape index (κ3) is 2.92. The second kappa shape index (κ2) is 5.77. The monoisotopic (exact) mass is 270 g/mol. The summed E-state index contributed by atoms with van der Waals surface area (Å²) in [5.41, 5.74) is 2.70. The molecule has 1 aliphatic heterocycles. The van der Waals surface area contributed by atoms with Crippen molar-refractivity contribution < 1.29 is 0 Å². The number of benzene rings is 1. The predicted octanol–water partition coefficient (Wildman–Crippen LogP) is 1.91. The van der Waals surface area contributed by atoms with Crippen LogP contribution in [0.4, 0.5) is 0 Å². The number of nitrogens with zero attached hydrogens (tertiary/aromatic N) is 4. The molecule has 0 amide bonds. The predicted molar refractivity (Wildman–Crippen MR) is 80.3 cm³/mol. The molecule has 2 heterocycles. The fourth-order valence-corrected chi connectivity index (χ4v) is 2.92. The summed E-state index contributed by atoms with van der Waals surface area (Å²) in [5.74, 6) is 0. The molecule has 3 rings (SSSR count). The van der Waals surface area contributed by atoms with Gasteiger partial charge >= 0.3 is 0 Å². The van der Waals surface area contributed by atoms with Gasteiger partial charge in [-0.25, -0.2) is 0 Å². The minimum absolute atomic E-state index is 0.488. The lowest BCUT2D eigenvalue weighted by Gasteiger charge is -2.39. The molecular formula is C16H22N4. The SMILES string of the molecule is CN1CCN(Cc2cnn(C)c2)C[C@H]1c1ccccc1. The zero-order valence-electron chi connectivity index (χ0n) is 12.2.